The molecule has 0 aliphatic carbocycles. The molecule has 86 heavy (non-hydrogen) atoms. The molecule has 1 aromatic rings. The number of aliphatic carboxylic acids is 1. The Labute approximate surface area is 506 Å². The molecule has 1 saturated heterocycles. The van der Waals surface area contributed by atoms with Crippen LogP contribution in [-0.4, -0.2) is 183 Å². The predicted molar refractivity (Wildman–Crippen MR) is 319 cm³/mol. The van der Waals surface area contributed by atoms with Crippen molar-refractivity contribution in [2.75, 3.05) is 25.1 Å². The van der Waals surface area contributed by atoms with Crippen LogP contribution in [0.5, 0.6) is 0 Å². The van der Waals surface area contributed by atoms with Crippen molar-refractivity contribution >= 4 is 88.7 Å². The van der Waals surface area contributed by atoms with E-state index in [1.807, 2.05) is 13.8 Å². The number of aliphatic imine (C=N–C) groups is 1. The quantitative estimate of drug-likeness (QED) is 0.0390. The number of nitrogens with two attached hydrogens (primary N) is 3. The van der Waals surface area contributed by atoms with Crippen LogP contribution in [0.2, 0.25) is 0 Å². The number of imidazole rings is 1. The molecule has 1 fully saturated rings. The molecule has 19 N–H and O–H groups in total. The number of aliphatic hydroxyl groups excluding tert-OH is 1. The van der Waals surface area contributed by atoms with Gasteiger partial charge in [0.15, 0.2) is 5.96 Å². The van der Waals surface area contributed by atoms with Crippen molar-refractivity contribution in [3.8, 4) is 0 Å². The first-order valence-corrected chi connectivity index (χ1v) is 30.7. The summed E-state index contributed by atoms with van der Waals surface area (Å²) in [6, 6.07) is -12.8. The first-order chi connectivity index (χ1) is 40.6. The molecule has 11 amide bonds. The van der Waals surface area contributed by atoms with Gasteiger partial charge in [-0.1, -0.05) is 59.8 Å². The second kappa shape index (κ2) is 39.9. The number of carboxylic acids is 1. The summed E-state index contributed by atoms with van der Waals surface area (Å²) in [5, 5.41) is 46.2. The molecule has 1 aliphatic rings. The van der Waals surface area contributed by atoms with E-state index in [0.29, 0.717) is 30.7 Å². The molecular weight excluding hydrogens is 1140 g/mol. The molecule has 2 heterocycles. The first kappa shape index (κ1) is 74.5. The summed E-state index contributed by atoms with van der Waals surface area (Å²) >= 11 is 1.33. The standard InChI is InChI=1S/C55H94N16O14S/c1-30(2)24-38-47(78)60-21-14-12-10-8-9-11-13-17-43(74)71-45(33(6)72)54(85)66-36(18-19-44(75)76)50(81)64-35(16-15-22-61-55(57)58)49(80)65-37(20-23-86-7)48(79)63-32(5)46(77)67-39(25-31(3)4)51(82)69-40(26-34-28-59-29-62-34)52(83)70-41(27-42(56)73)53(84)68-38/h28-33,35-41,45,72H,8-27H2,1-7H3,(H2,56,73)(H,59,62)(H,60,78)(H,63,79)(H,64,81)(H,65,80)(H,66,85)(H,67,77)(H,68,84)(H,69,82)(H,70,83)(H,71,74)(H,75,76)(H4,57,58,61)/t32-,33+,35-,36-,37-,38-,39-,40-,41-,45-/m0/s1. The molecule has 0 unspecified atom stereocenters. The zero-order chi connectivity index (χ0) is 64.5. The number of aromatic amines is 1. The van der Waals surface area contributed by atoms with Crippen LogP contribution in [0.1, 0.15) is 150 Å². The third kappa shape index (κ3) is 30.0. The molecule has 10 atom stereocenters. The minimum atomic E-state index is -1.62. The number of amides is 11. The summed E-state index contributed by atoms with van der Waals surface area (Å²) in [6.45, 7) is 10.1. The third-order valence-electron chi connectivity index (χ3n) is 13.6. The summed E-state index contributed by atoms with van der Waals surface area (Å²) in [6.07, 6.45) is 5.84. The van der Waals surface area contributed by atoms with Crippen LogP contribution < -0.4 is 70.4 Å². The van der Waals surface area contributed by atoms with E-state index in [0.717, 1.165) is 25.7 Å². The number of carbonyl (C=O) groups excluding carboxylic acids is 11. The fourth-order valence-corrected chi connectivity index (χ4v) is 9.51. The first-order valence-electron chi connectivity index (χ1n) is 29.3. The molecule has 0 aromatic carbocycles. The van der Waals surface area contributed by atoms with Crippen molar-refractivity contribution in [1.29, 1.82) is 0 Å². The summed E-state index contributed by atoms with van der Waals surface area (Å²) in [5.41, 5.74) is 17.0. The van der Waals surface area contributed by atoms with E-state index in [4.69, 9.17) is 17.2 Å². The Morgan fingerprint density at radius 1 is 0.616 bits per heavy atom. The molecule has 0 bridgehead atoms. The van der Waals surface area contributed by atoms with Crippen LogP contribution in [0.3, 0.4) is 0 Å². The highest BCUT2D eigenvalue weighted by Crippen LogP contribution is 2.14. The molecule has 2 rings (SSSR count). The third-order valence-corrected chi connectivity index (χ3v) is 14.3. The highest BCUT2D eigenvalue weighted by atomic mass is 32.2. The molecule has 0 spiro atoms. The van der Waals surface area contributed by atoms with E-state index >= 15 is 0 Å². The lowest BCUT2D eigenvalue weighted by molar-refractivity contribution is -0.139. The van der Waals surface area contributed by atoms with Gasteiger partial charge >= 0.3 is 5.97 Å². The molecule has 0 saturated carbocycles. The number of rotatable bonds is 19. The van der Waals surface area contributed by atoms with E-state index < -0.39 is 151 Å². The minimum Gasteiger partial charge on any atom is -0.481 e. The van der Waals surface area contributed by atoms with Crippen LogP contribution in [0, 0.1) is 11.8 Å². The van der Waals surface area contributed by atoms with Gasteiger partial charge in [-0.15, -0.1) is 0 Å². The number of carbonyl (C=O) groups is 12. The maximum atomic E-state index is 14.3. The van der Waals surface area contributed by atoms with Crippen molar-refractivity contribution in [2.45, 2.75) is 211 Å². The van der Waals surface area contributed by atoms with Crippen molar-refractivity contribution in [3.63, 3.8) is 0 Å². The molecule has 1 aliphatic heterocycles. The molecule has 484 valence electrons. The van der Waals surface area contributed by atoms with Gasteiger partial charge in [-0.05, 0) is 89.1 Å². The predicted octanol–water partition coefficient (Wildman–Crippen LogP) is -2.39. The van der Waals surface area contributed by atoms with Crippen molar-refractivity contribution in [3.05, 3.63) is 18.2 Å². The zero-order valence-corrected chi connectivity index (χ0v) is 51.4. The largest absolute Gasteiger partial charge is 0.481 e. The number of aromatic nitrogens is 2. The number of aliphatic hydroxyl groups is 1. The Morgan fingerprint density at radius 3 is 1.66 bits per heavy atom. The SMILES string of the molecule is CSCC[C@@H]1NC(=O)[C@H](CCCN=C(N)N)NC(=O)[C@H](CCC(=O)O)NC(=O)[C@H]([C@@H](C)O)NC(=O)CCCCCCCCCNC(=O)[C@H](CC(C)C)NC(=O)[C@H](CC(N)=O)NC(=O)[C@H](Cc2cnc[nH]2)NC(=O)[C@H](CC(C)C)NC(=O)[C@H](C)NC1=O. The Morgan fingerprint density at radius 2 is 1.10 bits per heavy atom. The normalized spacial score (nSPS) is 24.7. The smallest absolute Gasteiger partial charge is 0.303 e. The molecule has 30 nitrogen and oxygen atoms in total. The highest BCUT2D eigenvalue weighted by Gasteiger charge is 2.36. The van der Waals surface area contributed by atoms with Gasteiger partial charge in [0.1, 0.15) is 54.4 Å². The lowest BCUT2D eigenvalue weighted by Crippen LogP contribution is -2.61. The van der Waals surface area contributed by atoms with E-state index in [2.05, 4.69) is 68.1 Å². The van der Waals surface area contributed by atoms with Gasteiger partial charge in [-0.3, -0.25) is 62.5 Å². The maximum Gasteiger partial charge on any atom is 0.303 e. The number of hydrogen-bond acceptors (Lipinski definition) is 16. The number of primary amides is 1. The lowest BCUT2D eigenvalue weighted by atomic mass is 10.0. The summed E-state index contributed by atoms with van der Waals surface area (Å²) < 4.78 is 0. The second-order valence-electron chi connectivity index (χ2n) is 22.3. The van der Waals surface area contributed by atoms with Crippen molar-refractivity contribution in [2.24, 2.45) is 34.0 Å². The highest BCUT2D eigenvalue weighted by molar-refractivity contribution is 7.98. The molecule has 0 radical (unpaired) electrons. The number of hydrogen-bond donors (Lipinski definition) is 16. The Kier molecular flexibility index (Phi) is 34.6. The van der Waals surface area contributed by atoms with E-state index in [-0.39, 0.29) is 75.8 Å². The topological polar surface area (TPSA) is 485 Å². The number of thioether (sulfide) groups is 1. The number of nitrogens with zero attached hydrogens (tertiary/aromatic N) is 2. The van der Waals surface area contributed by atoms with Crippen LogP contribution in [-0.2, 0) is 64.0 Å². The molecular formula is C55H94N16O14S. The summed E-state index contributed by atoms with van der Waals surface area (Å²) in [4.78, 5) is 174. The van der Waals surface area contributed by atoms with Gasteiger partial charge in [0, 0.05) is 44.2 Å². The fourth-order valence-electron chi connectivity index (χ4n) is 9.03. The maximum absolute atomic E-state index is 14.3. The fraction of sp³-hybridized carbons (Fsp3) is 0.709. The molecule has 31 heteroatoms. The van der Waals surface area contributed by atoms with Gasteiger partial charge < -0.3 is 85.6 Å². The number of H-pyrrole nitrogens is 1. The van der Waals surface area contributed by atoms with E-state index in [1.54, 1.807) is 20.1 Å². The van der Waals surface area contributed by atoms with Gasteiger partial charge in [0.2, 0.25) is 65.0 Å². The number of guanidine groups is 1. The summed E-state index contributed by atoms with van der Waals surface area (Å²) in [7, 11) is 0. The van der Waals surface area contributed by atoms with Crippen LogP contribution in [0.25, 0.3) is 0 Å². The van der Waals surface area contributed by atoms with Gasteiger partial charge in [-0.2, -0.15) is 11.8 Å². The average molecular weight is 1240 g/mol. The second-order valence-corrected chi connectivity index (χ2v) is 23.3. The summed E-state index contributed by atoms with van der Waals surface area (Å²) in [5.74, 6) is -11.0. The monoisotopic (exact) mass is 1230 g/mol. The zero-order valence-electron chi connectivity index (χ0n) is 50.6. The van der Waals surface area contributed by atoms with Crippen LogP contribution >= 0.6 is 11.8 Å². The Hall–Kier alpha value is -7.57. The van der Waals surface area contributed by atoms with Crippen molar-refractivity contribution < 1.29 is 67.7 Å². The van der Waals surface area contributed by atoms with E-state index in [1.165, 1.54) is 38.1 Å². The number of carboxylic acid groups (broad SMARTS) is 1. The van der Waals surface area contributed by atoms with Gasteiger partial charge in [0.05, 0.1) is 18.9 Å². The Bertz CT molecular complexity index is 2430. The van der Waals surface area contributed by atoms with Crippen LogP contribution in [0.15, 0.2) is 17.5 Å². The number of nitrogens with one attached hydrogen (secondary N) is 11. The van der Waals surface area contributed by atoms with Crippen LogP contribution in [0.4, 0.5) is 0 Å². The van der Waals surface area contributed by atoms with Gasteiger partial charge in [-0.25, -0.2) is 4.98 Å². The molecule has 1 aromatic heterocycles. The lowest BCUT2D eigenvalue weighted by Gasteiger charge is -2.28. The van der Waals surface area contributed by atoms with Crippen molar-refractivity contribution in [1.82, 2.24) is 63.1 Å². The van der Waals surface area contributed by atoms with E-state index in [9.17, 15) is 67.7 Å². The average Bonchev–Trinajstić information content (AvgIpc) is 3.59. The minimum absolute atomic E-state index is 0.000523. The Balaban J connectivity index is 2.63. The van der Waals surface area contributed by atoms with Gasteiger partial charge in [0.25, 0.3) is 0 Å².